The van der Waals surface area contributed by atoms with Crippen LogP contribution in [0.4, 0.5) is 0 Å². The van der Waals surface area contributed by atoms with Gasteiger partial charge in [0.25, 0.3) is 0 Å². The molecule has 0 atom stereocenters. The topological polar surface area (TPSA) is 13.1 Å². The summed E-state index contributed by atoms with van der Waals surface area (Å²) in [6, 6.07) is 19.9. The SMILES string of the molecule is C[C](C)=[Zr+2]([C]1=CC(c2ccco2)=CC1)[c]1cccc2c1Cc1ccccc1-2.[Cl-].[Cl-]. The Hall–Kier alpha value is -1.47. The first-order valence-corrected chi connectivity index (χ1v) is 13.2. The maximum Gasteiger partial charge on any atom is -1.00 e. The standard InChI is InChI=1S/C13H9.C9H7O.C3H6.2ClH.Zr/c1-3-7-12-10(5-1)9-11-6-2-4-8-13(11)12;1-2-5-8(4-1)9-6-3-7-10-9;1-3-2;;;/h1-5,7-8H,9H2;3-7H,1H2;1-2H3;2*1H;/q;;;;;+2/p-2. The van der Waals surface area contributed by atoms with Crippen molar-refractivity contribution in [2.24, 2.45) is 0 Å². The molecule has 2 aromatic carbocycles. The monoisotopic (exact) mass is 498 g/mol. The van der Waals surface area contributed by atoms with Gasteiger partial charge >= 0.3 is 169 Å². The van der Waals surface area contributed by atoms with Gasteiger partial charge in [-0.1, -0.05) is 0 Å². The Labute approximate surface area is 192 Å². The van der Waals surface area contributed by atoms with E-state index in [0.717, 1.165) is 18.6 Å². The van der Waals surface area contributed by atoms with E-state index in [2.05, 4.69) is 74.5 Å². The van der Waals surface area contributed by atoms with Crippen LogP contribution in [-0.2, 0) is 27.7 Å². The van der Waals surface area contributed by atoms with Gasteiger partial charge in [0.1, 0.15) is 0 Å². The Morgan fingerprint density at radius 3 is 2.45 bits per heavy atom. The number of benzene rings is 2. The molecule has 5 rings (SSSR count). The number of rotatable bonds is 3. The summed E-state index contributed by atoms with van der Waals surface area (Å²) in [5, 5.41) is 0. The Morgan fingerprint density at radius 1 is 0.897 bits per heavy atom. The van der Waals surface area contributed by atoms with Gasteiger partial charge in [-0.2, -0.15) is 0 Å². The third-order valence-electron chi connectivity index (χ3n) is 5.62. The van der Waals surface area contributed by atoms with Crippen molar-refractivity contribution in [1.82, 2.24) is 0 Å². The zero-order valence-electron chi connectivity index (χ0n) is 16.5. The summed E-state index contributed by atoms with van der Waals surface area (Å²) in [5.41, 5.74) is 7.21. The maximum absolute atomic E-state index is 5.63. The molecule has 4 heteroatoms. The normalized spacial score (nSPS) is 13.1. The van der Waals surface area contributed by atoms with Crippen molar-refractivity contribution < 1.29 is 50.5 Å². The van der Waals surface area contributed by atoms with Gasteiger partial charge in [0.15, 0.2) is 0 Å². The third kappa shape index (κ3) is 3.96. The first kappa shape index (κ1) is 22.2. The molecule has 1 heterocycles. The Morgan fingerprint density at radius 2 is 1.69 bits per heavy atom. The molecule has 2 aliphatic rings. The summed E-state index contributed by atoms with van der Waals surface area (Å²) >= 11 is -2.07. The predicted molar refractivity (Wildman–Crippen MR) is 110 cm³/mol. The largest absolute Gasteiger partial charge is 1.00 e. The molecular weight excluding hydrogens is 478 g/mol. The van der Waals surface area contributed by atoms with Crippen LogP contribution in [0.15, 0.2) is 80.7 Å². The van der Waals surface area contributed by atoms with Crippen LogP contribution in [0, 0.1) is 0 Å². The van der Waals surface area contributed by atoms with Gasteiger partial charge in [-0.25, -0.2) is 0 Å². The molecule has 0 fully saturated rings. The Bertz CT molecular complexity index is 1130. The molecular formula is C25H22Cl2OZr. The number of halogens is 2. The molecule has 2 aliphatic carbocycles. The second-order valence-electron chi connectivity index (χ2n) is 7.55. The van der Waals surface area contributed by atoms with Crippen molar-refractivity contribution in [3.8, 4) is 11.1 Å². The van der Waals surface area contributed by atoms with Crippen molar-refractivity contribution in [3.63, 3.8) is 0 Å². The van der Waals surface area contributed by atoms with E-state index in [-0.39, 0.29) is 24.8 Å². The van der Waals surface area contributed by atoms with E-state index in [4.69, 9.17) is 4.42 Å². The molecule has 0 aliphatic heterocycles. The Balaban J connectivity index is 0.00000120. The van der Waals surface area contributed by atoms with Crippen molar-refractivity contribution in [2.45, 2.75) is 26.7 Å². The van der Waals surface area contributed by atoms with Crippen molar-refractivity contribution >= 4 is 12.1 Å². The zero-order chi connectivity index (χ0) is 18.4. The molecule has 0 radical (unpaired) electrons. The quantitative estimate of drug-likeness (QED) is 0.376. The fraction of sp³-hybridized carbons (Fsp3) is 0.160. The second kappa shape index (κ2) is 9.13. The molecule has 0 bridgehead atoms. The number of hydrogen-bond acceptors (Lipinski definition) is 1. The van der Waals surface area contributed by atoms with E-state index in [1.54, 1.807) is 21.6 Å². The van der Waals surface area contributed by atoms with Gasteiger partial charge < -0.3 is 24.8 Å². The van der Waals surface area contributed by atoms with Crippen LogP contribution in [0.25, 0.3) is 16.7 Å². The molecule has 0 saturated carbocycles. The number of allylic oxidation sites excluding steroid dienone is 4. The first-order valence-electron chi connectivity index (χ1n) is 9.55. The Kier molecular flexibility index (Phi) is 6.99. The summed E-state index contributed by atoms with van der Waals surface area (Å²) in [7, 11) is 0. The first-order chi connectivity index (χ1) is 13.2. The van der Waals surface area contributed by atoms with Gasteiger partial charge in [-0.15, -0.1) is 0 Å². The van der Waals surface area contributed by atoms with Crippen LogP contribution in [-0.4, -0.2) is 3.21 Å². The van der Waals surface area contributed by atoms with Gasteiger partial charge in [0.05, 0.1) is 0 Å². The predicted octanol–water partition coefficient (Wildman–Crippen LogP) is -0.314. The van der Waals surface area contributed by atoms with Crippen LogP contribution in [0.3, 0.4) is 0 Å². The van der Waals surface area contributed by atoms with Crippen LogP contribution in [0.5, 0.6) is 0 Å². The van der Waals surface area contributed by atoms with Gasteiger partial charge in [-0.3, -0.25) is 0 Å². The van der Waals surface area contributed by atoms with E-state index >= 15 is 0 Å². The molecule has 146 valence electrons. The fourth-order valence-electron chi connectivity index (χ4n) is 4.47. The van der Waals surface area contributed by atoms with Crippen molar-refractivity contribution in [3.05, 3.63) is 93.2 Å². The molecule has 0 spiro atoms. The van der Waals surface area contributed by atoms with E-state index in [1.807, 2.05) is 6.07 Å². The minimum absolute atomic E-state index is 0. The summed E-state index contributed by atoms with van der Waals surface area (Å²) < 4.78 is 10.6. The van der Waals surface area contributed by atoms with E-state index in [0.29, 0.717) is 0 Å². The van der Waals surface area contributed by atoms with E-state index in [1.165, 1.54) is 22.3 Å². The second-order valence-corrected chi connectivity index (χ2v) is 14.8. The minimum atomic E-state index is -2.07. The van der Waals surface area contributed by atoms with Crippen LogP contribution in [0.1, 0.15) is 37.2 Å². The molecule has 0 N–H and O–H groups in total. The molecule has 1 nitrogen and oxygen atoms in total. The summed E-state index contributed by atoms with van der Waals surface area (Å²) in [6.45, 7) is 4.70. The van der Waals surface area contributed by atoms with Crippen molar-refractivity contribution in [2.75, 3.05) is 0 Å². The number of hydrogen-bond donors (Lipinski definition) is 0. The van der Waals surface area contributed by atoms with Crippen LogP contribution < -0.4 is 28.1 Å². The summed E-state index contributed by atoms with van der Waals surface area (Å²) in [5.74, 6) is 0.993. The molecule has 0 amide bonds. The molecule has 29 heavy (non-hydrogen) atoms. The average Bonchev–Trinajstić information content (AvgIpc) is 3.41. The average molecular weight is 501 g/mol. The molecule has 3 aromatic rings. The molecule has 0 unspecified atom stereocenters. The zero-order valence-corrected chi connectivity index (χ0v) is 20.5. The number of furan rings is 1. The molecule has 1 aromatic heterocycles. The summed E-state index contributed by atoms with van der Waals surface area (Å²) in [6.07, 6.45) is 8.69. The van der Waals surface area contributed by atoms with Gasteiger partial charge in [0, 0.05) is 0 Å². The van der Waals surface area contributed by atoms with E-state index in [9.17, 15) is 0 Å². The third-order valence-corrected chi connectivity index (χ3v) is 13.0. The number of fused-ring (bicyclic) bond motifs is 3. The van der Waals surface area contributed by atoms with E-state index < -0.39 is 21.3 Å². The van der Waals surface area contributed by atoms with Crippen LogP contribution >= 0.6 is 0 Å². The minimum Gasteiger partial charge on any atom is -1.00 e. The summed E-state index contributed by atoms with van der Waals surface area (Å²) in [4.78, 5) is 0. The smallest absolute Gasteiger partial charge is 1.00 e. The van der Waals surface area contributed by atoms with Gasteiger partial charge in [0.2, 0.25) is 0 Å². The van der Waals surface area contributed by atoms with Crippen molar-refractivity contribution in [1.29, 1.82) is 0 Å². The van der Waals surface area contributed by atoms with Crippen LogP contribution in [0.2, 0.25) is 0 Å². The van der Waals surface area contributed by atoms with Gasteiger partial charge in [-0.05, 0) is 0 Å². The molecule has 0 saturated heterocycles. The maximum atomic E-state index is 5.63. The fourth-order valence-corrected chi connectivity index (χ4v) is 11.6.